The zero-order valence-corrected chi connectivity index (χ0v) is 12.8. The zero-order valence-electron chi connectivity index (χ0n) is 12.1. The molecule has 2 aromatic rings. The van der Waals surface area contributed by atoms with Crippen molar-refractivity contribution in [3.8, 4) is 5.75 Å². The standard InChI is InChI=1S/C15H13ClO2.C2H4O2/c16-11-7-5-10(6-8-11)15-9-13(17)12-3-1-2-4-14(12)18-15;1-2(3)4/h1-8,13,15,17H,9H2;1H3,(H,3,4)/t13-,15-;/m1./s1. The molecule has 1 aliphatic rings. The highest BCUT2D eigenvalue weighted by molar-refractivity contribution is 6.30. The number of aliphatic carboxylic acids is 1. The van der Waals surface area contributed by atoms with Crippen LogP contribution in [0.4, 0.5) is 0 Å². The van der Waals surface area contributed by atoms with Crippen molar-refractivity contribution in [2.24, 2.45) is 0 Å². The summed E-state index contributed by atoms with van der Waals surface area (Å²) in [5.74, 6) is -0.0730. The zero-order chi connectivity index (χ0) is 16.1. The minimum Gasteiger partial charge on any atom is -0.485 e. The highest BCUT2D eigenvalue weighted by Crippen LogP contribution is 2.40. The van der Waals surface area contributed by atoms with Gasteiger partial charge in [-0.15, -0.1) is 0 Å². The molecule has 0 bridgehead atoms. The summed E-state index contributed by atoms with van der Waals surface area (Å²) in [5, 5.41) is 18.3. The van der Waals surface area contributed by atoms with E-state index >= 15 is 0 Å². The van der Waals surface area contributed by atoms with Crippen molar-refractivity contribution in [1.82, 2.24) is 0 Å². The minimum absolute atomic E-state index is 0.118. The van der Waals surface area contributed by atoms with Crippen molar-refractivity contribution in [1.29, 1.82) is 0 Å². The van der Waals surface area contributed by atoms with Gasteiger partial charge >= 0.3 is 0 Å². The lowest BCUT2D eigenvalue weighted by atomic mass is 9.95. The molecule has 5 heteroatoms. The van der Waals surface area contributed by atoms with Gasteiger partial charge < -0.3 is 14.9 Å². The monoisotopic (exact) mass is 320 g/mol. The maximum Gasteiger partial charge on any atom is 0.300 e. The van der Waals surface area contributed by atoms with Crippen LogP contribution < -0.4 is 4.74 Å². The molecule has 0 aliphatic carbocycles. The molecule has 3 rings (SSSR count). The van der Waals surface area contributed by atoms with Gasteiger partial charge in [0.25, 0.3) is 5.97 Å². The quantitative estimate of drug-likeness (QED) is 0.833. The summed E-state index contributed by atoms with van der Waals surface area (Å²) >= 11 is 5.87. The van der Waals surface area contributed by atoms with Crippen molar-refractivity contribution < 1.29 is 19.7 Å². The Morgan fingerprint density at radius 2 is 1.77 bits per heavy atom. The lowest BCUT2D eigenvalue weighted by Crippen LogP contribution is -2.18. The number of rotatable bonds is 1. The van der Waals surface area contributed by atoms with Gasteiger partial charge in [0, 0.05) is 23.9 Å². The van der Waals surface area contributed by atoms with E-state index < -0.39 is 12.1 Å². The van der Waals surface area contributed by atoms with Gasteiger partial charge in [0.2, 0.25) is 0 Å². The molecule has 0 saturated heterocycles. The van der Waals surface area contributed by atoms with Crippen LogP contribution in [0.3, 0.4) is 0 Å². The van der Waals surface area contributed by atoms with Crippen LogP contribution in [0, 0.1) is 0 Å². The molecule has 0 radical (unpaired) electrons. The molecule has 2 atom stereocenters. The number of para-hydroxylation sites is 1. The Morgan fingerprint density at radius 1 is 1.18 bits per heavy atom. The molecule has 4 nitrogen and oxygen atoms in total. The Balaban J connectivity index is 0.000000396. The second-order valence-corrected chi connectivity index (χ2v) is 5.40. The first kappa shape index (κ1) is 16.3. The van der Waals surface area contributed by atoms with Gasteiger partial charge in [-0.25, -0.2) is 0 Å². The summed E-state index contributed by atoms with van der Waals surface area (Å²) in [6.07, 6.45) is -0.0265. The maximum atomic E-state index is 10.1. The van der Waals surface area contributed by atoms with E-state index in [1.165, 1.54) is 0 Å². The third kappa shape index (κ3) is 4.23. The Morgan fingerprint density at radius 3 is 2.41 bits per heavy atom. The first-order valence-corrected chi connectivity index (χ1v) is 7.24. The molecule has 2 N–H and O–H groups in total. The first-order valence-electron chi connectivity index (χ1n) is 6.86. The van der Waals surface area contributed by atoms with Crippen LogP contribution in [0.1, 0.15) is 36.7 Å². The minimum atomic E-state index is -0.833. The third-order valence-electron chi connectivity index (χ3n) is 3.23. The van der Waals surface area contributed by atoms with E-state index in [0.29, 0.717) is 11.4 Å². The Hall–Kier alpha value is -2.04. The number of ether oxygens (including phenoxy) is 1. The van der Waals surface area contributed by atoms with Crippen molar-refractivity contribution in [2.75, 3.05) is 0 Å². The van der Waals surface area contributed by atoms with E-state index in [9.17, 15) is 5.11 Å². The van der Waals surface area contributed by atoms with Gasteiger partial charge in [-0.1, -0.05) is 41.9 Å². The number of benzene rings is 2. The molecular formula is C17H17ClO4. The fourth-order valence-electron chi connectivity index (χ4n) is 2.28. The number of halogens is 1. The molecule has 0 saturated carbocycles. The van der Waals surface area contributed by atoms with Crippen LogP contribution >= 0.6 is 11.6 Å². The largest absolute Gasteiger partial charge is 0.485 e. The number of aliphatic hydroxyl groups excluding tert-OH is 1. The van der Waals surface area contributed by atoms with Crippen LogP contribution in [0.25, 0.3) is 0 Å². The maximum absolute atomic E-state index is 10.1. The number of aliphatic hydroxyl groups is 1. The predicted octanol–water partition coefficient (Wildman–Crippen LogP) is 3.99. The van der Waals surface area contributed by atoms with Crippen LogP contribution in [-0.2, 0) is 4.79 Å². The summed E-state index contributed by atoms with van der Waals surface area (Å²) in [4.78, 5) is 9.00. The second kappa shape index (κ2) is 7.29. The molecule has 2 aromatic carbocycles. The Kier molecular flexibility index (Phi) is 5.41. The number of fused-ring (bicyclic) bond motifs is 1. The summed E-state index contributed by atoms with van der Waals surface area (Å²) < 4.78 is 5.93. The van der Waals surface area contributed by atoms with E-state index in [4.69, 9.17) is 26.2 Å². The summed E-state index contributed by atoms with van der Waals surface area (Å²) in [6, 6.07) is 15.2. The third-order valence-corrected chi connectivity index (χ3v) is 3.48. The molecule has 0 unspecified atom stereocenters. The van der Waals surface area contributed by atoms with E-state index in [-0.39, 0.29) is 6.10 Å². The lowest BCUT2D eigenvalue weighted by Gasteiger charge is -2.29. The molecular weight excluding hydrogens is 304 g/mol. The highest BCUT2D eigenvalue weighted by Gasteiger charge is 2.27. The Labute approximate surface area is 133 Å². The molecule has 1 heterocycles. The lowest BCUT2D eigenvalue weighted by molar-refractivity contribution is -0.134. The first-order chi connectivity index (χ1) is 10.5. The number of hydrogen-bond donors (Lipinski definition) is 2. The van der Waals surface area contributed by atoms with Gasteiger partial charge in [-0.05, 0) is 23.8 Å². The fraction of sp³-hybridized carbons (Fsp3) is 0.235. The average Bonchev–Trinajstić information content (AvgIpc) is 2.47. The number of carbonyl (C=O) groups is 1. The normalized spacial score (nSPS) is 19.2. The van der Waals surface area contributed by atoms with Gasteiger partial charge in [-0.2, -0.15) is 0 Å². The van der Waals surface area contributed by atoms with Crippen LogP contribution in [0.15, 0.2) is 48.5 Å². The van der Waals surface area contributed by atoms with Gasteiger partial charge in [0.05, 0.1) is 6.10 Å². The van der Waals surface area contributed by atoms with Crippen molar-refractivity contribution in [2.45, 2.75) is 25.6 Å². The Bertz CT molecular complexity index is 635. The molecule has 0 aromatic heterocycles. The van der Waals surface area contributed by atoms with Crippen molar-refractivity contribution in [3.05, 3.63) is 64.7 Å². The van der Waals surface area contributed by atoms with Crippen LogP contribution in [0.5, 0.6) is 5.75 Å². The van der Waals surface area contributed by atoms with E-state index in [2.05, 4.69) is 0 Å². The number of hydrogen-bond acceptors (Lipinski definition) is 3. The summed E-state index contributed by atoms with van der Waals surface area (Å²) in [6.45, 7) is 1.08. The van der Waals surface area contributed by atoms with E-state index in [1.54, 1.807) is 0 Å². The molecule has 0 fully saturated rings. The second-order valence-electron chi connectivity index (χ2n) is 4.97. The molecule has 0 amide bonds. The fourth-order valence-corrected chi connectivity index (χ4v) is 2.40. The molecule has 116 valence electrons. The van der Waals surface area contributed by atoms with Gasteiger partial charge in [0.1, 0.15) is 11.9 Å². The molecule has 1 aliphatic heterocycles. The van der Waals surface area contributed by atoms with Crippen LogP contribution in [-0.4, -0.2) is 16.2 Å². The predicted molar refractivity (Wildman–Crippen MR) is 84.1 cm³/mol. The van der Waals surface area contributed by atoms with E-state index in [1.807, 2.05) is 48.5 Å². The smallest absolute Gasteiger partial charge is 0.300 e. The van der Waals surface area contributed by atoms with Crippen molar-refractivity contribution >= 4 is 17.6 Å². The summed E-state index contributed by atoms with van der Waals surface area (Å²) in [7, 11) is 0. The van der Waals surface area contributed by atoms with E-state index in [0.717, 1.165) is 23.8 Å². The molecule has 0 spiro atoms. The highest BCUT2D eigenvalue weighted by atomic mass is 35.5. The topological polar surface area (TPSA) is 66.8 Å². The SMILES string of the molecule is CC(=O)O.O[C@@H]1C[C@H](c2ccc(Cl)cc2)Oc2ccccc21. The number of carboxylic acids is 1. The summed E-state index contributed by atoms with van der Waals surface area (Å²) in [5.41, 5.74) is 1.90. The average molecular weight is 321 g/mol. The van der Waals surface area contributed by atoms with Gasteiger partial charge in [0.15, 0.2) is 0 Å². The van der Waals surface area contributed by atoms with Gasteiger partial charge in [-0.3, -0.25) is 4.79 Å². The van der Waals surface area contributed by atoms with Crippen molar-refractivity contribution in [3.63, 3.8) is 0 Å². The molecule has 22 heavy (non-hydrogen) atoms. The van der Waals surface area contributed by atoms with Crippen LogP contribution in [0.2, 0.25) is 5.02 Å². The number of carboxylic acid groups (broad SMARTS) is 1.